The van der Waals surface area contributed by atoms with Gasteiger partial charge in [-0.25, -0.2) is 0 Å². The van der Waals surface area contributed by atoms with Crippen LogP contribution in [0.1, 0.15) is 38.0 Å². The van der Waals surface area contributed by atoms with Crippen molar-refractivity contribution in [1.82, 2.24) is 0 Å². The van der Waals surface area contributed by atoms with Crippen molar-refractivity contribution in [2.75, 3.05) is 7.11 Å². The number of carboxylic acids is 1. The topological polar surface area (TPSA) is 46.5 Å². The van der Waals surface area contributed by atoms with Crippen LogP contribution in [0.3, 0.4) is 0 Å². The van der Waals surface area contributed by atoms with Crippen LogP contribution in [-0.4, -0.2) is 18.2 Å². The average Bonchev–Trinajstić information content (AvgIpc) is 2.27. The largest absolute Gasteiger partial charge is 0.481 e. The number of hydrogen-bond acceptors (Lipinski definition) is 2. The van der Waals surface area contributed by atoms with Gasteiger partial charge >= 0.3 is 5.97 Å². The van der Waals surface area contributed by atoms with Crippen LogP contribution in [0.4, 0.5) is 0 Å². The summed E-state index contributed by atoms with van der Waals surface area (Å²) in [6, 6.07) is 7.90. The van der Waals surface area contributed by atoms with Gasteiger partial charge in [0.2, 0.25) is 0 Å². The van der Waals surface area contributed by atoms with Gasteiger partial charge < -0.3 is 9.84 Å². The highest BCUT2D eigenvalue weighted by atomic mass is 16.5. The number of rotatable bonds is 5. The molecule has 0 aliphatic heterocycles. The number of ether oxygens (including phenoxy) is 1. The molecule has 0 saturated carbocycles. The molecule has 0 radical (unpaired) electrons. The first-order chi connectivity index (χ1) is 7.86. The Labute approximate surface area is 102 Å². The molecular weight excluding hydrogens is 216 g/mol. The van der Waals surface area contributed by atoms with Crippen molar-refractivity contribution < 1.29 is 14.6 Å². The Morgan fingerprint density at radius 2 is 2.12 bits per heavy atom. The zero-order valence-electron chi connectivity index (χ0n) is 10.9. The monoisotopic (exact) mass is 236 g/mol. The van der Waals surface area contributed by atoms with Crippen molar-refractivity contribution in [3.8, 4) is 0 Å². The molecule has 1 N–H and O–H groups in total. The minimum absolute atomic E-state index is 0.0305. The van der Waals surface area contributed by atoms with Crippen molar-refractivity contribution in [1.29, 1.82) is 0 Å². The summed E-state index contributed by atoms with van der Waals surface area (Å²) in [5.41, 5.74) is 1.36. The Hall–Kier alpha value is -1.35. The van der Waals surface area contributed by atoms with Crippen LogP contribution < -0.4 is 0 Å². The lowest BCUT2D eigenvalue weighted by atomic mass is 9.85. The van der Waals surface area contributed by atoms with Crippen LogP contribution in [-0.2, 0) is 16.0 Å². The quantitative estimate of drug-likeness (QED) is 0.854. The highest BCUT2D eigenvalue weighted by molar-refractivity contribution is 5.74. The number of methoxy groups -OCH3 is 1. The average molecular weight is 236 g/mol. The molecule has 0 aromatic heterocycles. The Kier molecular flexibility index (Phi) is 4.29. The fourth-order valence-electron chi connectivity index (χ4n) is 1.68. The van der Waals surface area contributed by atoms with Gasteiger partial charge in [-0.2, -0.15) is 0 Å². The SMILES string of the molecule is COC(C)c1cccc(CC(C)(C)C(=O)O)c1. The van der Waals surface area contributed by atoms with E-state index in [1.807, 2.05) is 31.2 Å². The molecule has 1 rings (SSSR count). The number of aliphatic carboxylic acids is 1. The van der Waals surface area contributed by atoms with Gasteiger partial charge in [-0.05, 0) is 38.3 Å². The van der Waals surface area contributed by atoms with E-state index < -0.39 is 11.4 Å². The molecule has 0 bridgehead atoms. The smallest absolute Gasteiger partial charge is 0.309 e. The normalized spacial score (nSPS) is 13.4. The lowest BCUT2D eigenvalue weighted by molar-refractivity contribution is -0.146. The molecule has 0 aliphatic carbocycles. The van der Waals surface area contributed by atoms with E-state index in [1.54, 1.807) is 21.0 Å². The Morgan fingerprint density at radius 3 is 2.65 bits per heavy atom. The zero-order valence-corrected chi connectivity index (χ0v) is 10.9. The molecule has 0 fully saturated rings. The van der Waals surface area contributed by atoms with Gasteiger partial charge in [-0.15, -0.1) is 0 Å². The molecule has 1 atom stereocenters. The van der Waals surface area contributed by atoms with Gasteiger partial charge in [0, 0.05) is 7.11 Å². The van der Waals surface area contributed by atoms with Crippen molar-refractivity contribution in [3.05, 3.63) is 35.4 Å². The molecule has 3 nitrogen and oxygen atoms in total. The molecule has 0 aliphatic rings. The second-order valence-electron chi connectivity index (χ2n) is 4.99. The molecule has 17 heavy (non-hydrogen) atoms. The van der Waals surface area contributed by atoms with Gasteiger partial charge in [-0.3, -0.25) is 4.79 Å². The highest BCUT2D eigenvalue weighted by Gasteiger charge is 2.27. The van der Waals surface area contributed by atoms with E-state index in [-0.39, 0.29) is 6.10 Å². The van der Waals surface area contributed by atoms with E-state index >= 15 is 0 Å². The summed E-state index contributed by atoms with van der Waals surface area (Å²) in [6.45, 7) is 5.45. The first kappa shape index (κ1) is 13.7. The molecule has 94 valence electrons. The van der Waals surface area contributed by atoms with E-state index in [0.29, 0.717) is 6.42 Å². The molecule has 0 amide bonds. The van der Waals surface area contributed by atoms with Gasteiger partial charge in [0.1, 0.15) is 0 Å². The van der Waals surface area contributed by atoms with Crippen LogP contribution >= 0.6 is 0 Å². The predicted octanol–water partition coefficient (Wildman–Crippen LogP) is 3.05. The number of benzene rings is 1. The third-order valence-corrected chi connectivity index (χ3v) is 3.00. The summed E-state index contributed by atoms with van der Waals surface area (Å²) in [7, 11) is 1.67. The lowest BCUT2D eigenvalue weighted by Crippen LogP contribution is -2.26. The van der Waals surface area contributed by atoms with E-state index in [0.717, 1.165) is 11.1 Å². The van der Waals surface area contributed by atoms with Crippen molar-refractivity contribution in [3.63, 3.8) is 0 Å². The maximum absolute atomic E-state index is 11.1. The van der Waals surface area contributed by atoms with Crippen molar-refractivity contribution in [2.45, 2.75) is 33.3 Å². The molecule has 3 heteroatoms. The van der Waals surface area contributed by atoms with E-state index in [2.05, 4.69) is 0 Å². The lowest BCUT2D eigenvalue weighted by Gasteiger charge is -2.20. The molecule has 0 heterocycles. The summed E-state index contributed by atoms with van der Waals surface area (Å²) < 4.78 is 5.25. The van der Waals surface area contributed by atoms with E-state index in [4.69, 9.17) is 9.84 Å². The summed E-state index contributed by atoms with van der Waals surface area (Å²) in [5, 5.41) is 9.10. The first-order valence-electron chi connectivity index (χ1n) is 5.72. The molecule has 0 saturated heterocycles. The molecular formula is C14H20O3. The second-order valence-corrected chi connectivity index (χ2v) is 4.99. The summed E-state index contributed by atoms with van der Waals surface area (Å²) in [5.74, 6) is -0.775. The number of carbonyl (C=O) groups is 1. The predicted molar refractivity (Wildman–Crippen MR) is 67.0 cm³/mol. The Bertz CT molecular complexity index is 396. The molecule has 1 aromatic carbocycles. The van der Waals surface area contributed by atoms with Gasteiger partial charge in [0.25, 0.3) is 0 Å². The third kappa shape index (κ3) is 3.56. The minimum atomic E-state index is -0.775. The Balaban J connectivity index is 2.89. The second kappa shape index (κ2) is 5.32. The molecule has 1 aromatic rings. The fourth-order valence-corrected chi connectivity index (χ4v) is 1.68. The number of hydrogen-bond donors (Lipinski definition) is 1. The standard InChI is InChI=1S/C14H20O3/c1-10(17-4)12-7-5-6-11(8-12)9-14(2,3)13(15)16/h5-8,10H,9H2,1-4H3,(H,15,16). The third-order valence-electron chi connectivity index (χ3n) is 3.00. The van der Waals surface area contributed by atoms with E-state index in [9.17, 15) is 4.79 Å². The summed E-state index contributed by atoms with van der Waals surface area (Å²) in [4.78, 5) is 11.1. The number of carboxylic acid groups (broad SMARTS) is 1. The molecule has 0 spiro atoms. The summed E-state index contributed by atoms with van der Waals surface area (Å²) >= 11 is 0. The van der Waals surface area contributed by atoms with E-state index in [1.165, 1.54) is 0 Å². The summed E-state index contributed by atoms with van der Waals surface area (Å²) in [6.07, 6.45) is 0.551. The van der Waals surface area contributed by atoms with Gasteiger partial charge in [0.15, 0.2) is 0 Å². The van der Waals surface area contributed by atoms with Crippen molar-refractivity contribution >= 4 is 5.97 Å². The first-order valence-corrected chi connectivity index (χ1v) is 5.72. The maximum Gasteiger partial charge on any atom is 0.309 e. The van der Waals surface area contributed by atoms with Crippen molar-refractivity contribution in [2.24, 2.45) is 5.41 Å². The molecule has 1 unspecified atom stereocenters. The maximum atomic E-state index is 11.1. The van der Waals surface area contributed by atoms with Gasteiger partial charge in [-0.1, -0.05) is 24.3 Å². The van der Waals surface area contributed by atoms with Crippen LogP contribution in [0, 0.1) is 5.41 Å². The van der Waals surface area contributed by atoms with Gasteiger partial charge in [0.05, 0.1) is 11.5 Å². The zero-order chi connectivity index (χ0) is 13.1. The minimum Gasteiger partial charge on any atom is -0.481 e. The van der Waals surface area contributed by atoms with Crippen LogP contribution in [0.25, 0.3) is 0 Å². The van der Waals surface area contributed by atoms with Crippen LogP contribution in [0.15, 0.2) is 24.3 Å². The Morgan fingerprint density at radius 1 is 1.47 bits per heavy atom. The fraction of sp³-hybridized carbons (Fsp3) is 0.500. The van der Waals surface area contributed by atoms with Crippen LogP contribution in [0.5, 0.6) is 0 Å². The van der Waals surface area contributed by atoms with Crippen LogP contribution in [0.2, 0.25) is 0 Å². The highest BCUT2D eigenvalue weighted by Crippen LogP contribution is 2.24.